The third kappa shape index (κ3) is 4.05. The summed E-state index contributed by atoms with van der Waals surface area (Å²) in [7, 11) is 1.47. The zero-order chi connectivity index (χ0) is 23.1. The maximum atomic E-state index is 14.6. The summed E-state index contributed by atoms with van der Waals surface area (Å²) in [5.74, 6) is -1.00. The van der Waals surface area contributed by atoms with Crippen LogP contribution in [0, 0.1) is 5.82 Å². The number of H-pyrrole nitrogens is 2. The number of nitrogens with one attached hydrogen (secondary N) is 4. The second-order valence-corrected chi connectivity index (χ2v) is 7.58. The molecule has 11 nitrogen and oxygen atoms in total. The molecule has 0 unspecified atom stereocenters. The average molecular weight is 450 g/mol. The molecule has 1 aliphatic rings. The minimum atomic E-state index is -0.617. The summed E-state index contributed by atoms with van der Waals surface area (Å²) in [6.07, 6.45) is 5.00. The molecule has 0 bridgehead atoms. The second kappa shape index (κ2) is 7.89. The fourth-order valence-corrected chi connectivity index (χ4v) is 3.30. The number of carbonyl (C=O) groups excluding carboxylic acids is 1. The van der Waals surface area contributed by atoms with E-state index in [4.69, 9.17) is 0 Å². The van der Waals surface area contributed by atoms with E-state index < -0.39 is 17.4 Å². The number of benzene rings is 1. The van der Waals surface area contributed by atoms with E-state index in [1.54, 1.807) is 10.6 Å². The summed E-state index contributed by atoms with van der Waals surface area (Å²) in [6, 6.07) is 5.94. The first-order chi connectivity index (χ1) is 15.9. The van der Waals surface area contributed by atoms with E-state index in [0.717, 1.165) is 18.9 Å². The van der Waals surface area contributed by atoms with Crippen LogP contribution in [0.25, 0.3) is 11.7 Å². The number of hydrogen-bond donors (Lipinski definition) is 5. The van der Waals surface area contributed by atoms with Crippen molar-refractivity contribution in [2.45, 2.75) is 18.9 Å². The zero-order valence-corrected chi connectivity index (χ0v) is 17.4. The SMILES string of the molecule is CNC(=O)c1ccc(Nc2cc(=NC3CC3)n3nc/c(=C/c4[nH]c(=O)[nH]c4O)c3n2)c(F)c1. The van der Waals surface area contributed by atoms with E-state index in [2.05, 4.69) is 35.7 Å². The van der Waals surface area contributed by atoms with E-state index in [-0.39, 0.29) is 28.9 Å². The number of halogens is 1. The molecule has 0 atom stereocenters. The molecule has 0 spiro atoms. The molecule has 3 aromatic heterocycles. The van der Waals surface area contributed by atoms with Gasteiger partial charge in [-0.25, -0.2) is 14.2 Å². The van der Waals surface area contributed by atoms with Crippen LogP contribution < -0.4 is 27.0 Å². The zero-order valence-electron chi connectivity index (χ0n) is 17.4. The maximum Gasteiger partial charge on any atom is 0.326 e. The average Bonchev–Trinajstić information content (AvgIpc) is 3.43. The van der Waals surface area contributed by atoms with Crippen LogP contribution in [-0.4, -0.2) is 48.7 Å². The van der Waals surface area contributed by atoms with Crippen molar-refractivity contribution < 1.29 is 14.3 Å². The van der Waals surface area contributed by atoms with Gasteiger partial charge in [-0.05, 0) is 37.1 Å². The van der Waals surface area contributed by atoms with Gasteiger partial charge in [0.15, 0.2) is 11.1 Å². The molecule has 0 saturated heterocycles. The van der Waals surface area contributed by atoms with Crippen LogP contribution in [0.15, 0.2) is 40.2 Å². The molecule has 33 heavy (non-hydrogen) atoms. The van der Waals surface area contributed by atoms with Crippen molar-refractivity contribution in [3.63, 3.8) is 0 Å². The van der Waals surface area contributed by atoms with E-state index in [0.29, 0.717) is 22.2 Å². The van der Waals surface area contributed by atoms with Crippen LogP contribution in [0.4, 0.5) is 15.9 Å². The number of aromatic hydroxyl groups is 1. The van der Waals surface area contributed by atoms with Gasteiger partial charge in [0.05, 0.1) is 17.9 Å². The molecular formula is C21H19FN8O3. The molecule has 4 aromatic rings. The molecular weight excluding hydrogens is 431 g/mol. The molecule has 1 aliphatic carbocycles. The quantitative estimate of drug-likeness (QED) is 0.295. The molecule has 1 amide bonds. The van der Waals surface area contributed by atoms with E-state index in [1.165, 1.54) is 31.5 Å². The van der Waals surface area contributed by atoms with Crippen LogP contribution in [0.5, 0.6) is 5.88 Å². The Hall–Kier alpha value is -4.48. The van der Waals surface area contributed by atoms with E-state index >= 15 is 0 Å². The Morgan fingerprint density at radius 1 is 1.33 bits per heavy atom. The number of rotatable bonds is 5. The highest BCUT2D eigenvalue weighted by atomic mass is 19.1. The Morgan fingerprint density at radius 2 is 2.15 bits per heavy atom. The van der Waals surface area contributed by atoms with Crippen LogP contribution in [0.1, 0.15) is 28.9 Å². The summed E-state index contributed by atoms with van der Waals surface area (Å²) >= 11 is 0. The summed E-state index contributed by atoms with van der Waals surface area (Å²) in [5, 5.41) is 20.1. The van der Waals surface area contributed by atoms with Crippen molar-refractivity contribution >= 4 is 29.1 Å². The maximum absolute atomic E-state index is 14.6. The van der Waals surface area contributed by atoms with Crippen molar-refractivity contribution in [3.8, 4) is 5.88 Å². The molecule has 0 radical (unpaired) electrons. The second-order valence-electron chi connectivity index (χ2n) is 7.58. The number of amides is 1. The first-order valence-corrected chi connectivity index (χ1v) is 10.2. The van der Waals surface area contributed by atoms with Gasteiger partial charge < -0.3 is 20.7 Å². The lowest BCUT2D eigenvalue weighted by Crippen LogP contribution is -2.20. The number of aromatic amines is 2. The molecule has 5 N–H and O–H groups in total. The highest BCUT2D eigenvalue weighted by Crippen LogP contribution is 2.23. The molecule has 1 saturated carbocycles. The van der Waals surface area contributed by atoms with Crippen molar-refractivity contribution in [1.29, 1.82) is 0 Å². The van der Waals surface area contributed by atoms with Gasteiger partial charge in [0.2, 0.25) is 5.88 Å². The highest BCUT2D eigenvalue weighted by Gasteiger charge is 2.20. The number of imidazole rings is 1. The van der Waals surface area contributed by atoms with Gasteiger partial charge in [-0.15, -0.1) is 0 Å². The number of hydrogen-bond acceptors (Lipinski definition) is 7. The van der Waals surface area contributed by atoms with Crippen LogP contribution in [0.2, 0.25) is 0 Å². The Bertz CT molecular complexity index is 1560. The predicted octanol–water partition coefficient (Wildman–Crippen LogP) is 0.304. The highest BCUT2D eigenvalue weighted by molar-refractivity contribution is 5.94. The lowest BCUT2D eigenvalue weighted by Gasteiger charge is -2.09. The van der Waals surface area contributed by atoms with Gasteiger partial charge in [-0.3, -0.25) is 14.8 Å². The monoisotopic (exact) mass is 450 g/mol. The largest absolute Gasteiger partial charge is 0.493 e. The van der Waals surface area contributed by atoms with Gasteiger partial charge in [-0.2, -0.15) is 9.61 Å². The van der Waals surface area contributed by atoms with Gasteiger partial charge in [0, 0.05) is 23.9 Å². The molecule has 1 aromatic carbocycles. The fourth-order valence-electron chi connectivity index (χ4n) is 3.30. The third-order valence-corrected chi connectivity index (χ3v) is 5.10. The Kier molecular flexibility index (Phi) is 4.89. The van der Waals surface area contributed by atoms with Crippen molar-refractivity contribution in [2.24, 2.45) is 4.99 Å². The summed E-state index contributed by atoms with van der Waals surface area (Å²) in [6.45, 7) is 0. The van der Waals surface area contributed by atoms with Crippen LogP contribution in [-0.2, 0) is 0 Å². The Balaban J connectivity index is 1.62. The first kappa shape index (κ1) is 20.4. The number of carbonyl (C=O) groups is 1. The van der Waals surface area contributed by atoms with Crippen molar-refractivity contribution in [3.05, 3.63) is 68.7 Å². The molecule has 3 heterocycles. The topological polar surface area (TPSA) is 153 Å². The molecule has 12 heteroatoms. The minimum absolute atomic E-state index is 0.134. The fraction of sp³-hybridized carbons (Fsp3) is 0.190. The Labute approximate surface area is 184 Å². The summed E-state index contributed by atoms with van der Waals surface area (Å²) in [4.78, 5) is 37.1. The Morgan fingerprint density at radius 3 is 2.82 bits per heavy atom. The molecule has 0 aliphatic heterocycles. The standard InChI is InChI=1S/C21H19FN8O3/c1-23-19(31)10-2-5-14(13(22)6-10)26-16-8-17(25-12-3-4-12)30-18(28-16)11(9-24-30)7-15-20(32)29-21(33)27-15/h2,5-9,12,26,32H,3-4H2,1H3,(H,23,31)(H2,27,29,33)/b11-7-,25-17?. The van der Waals surface area contributed by atoms with E-state index in [9.17, 15) is 19.1 Å². The normalized spacial score (nSPS) is 14.7. The number of anilines is 2. The predicted molar refractivity (Wildman–Crippen MR) is 117 cm³/mol. The first-order valence-electron chi connectivity index (χ1n) is 10.2. The van der Waals surface area contributed by atoms with E-state index in [1.807, 2.05) is 0 Å². The molecule has 1 fully saturated rings. The minimum Gasteiger partial charge on any atom is -0.493 e. The lowest BCUT2D eigenvalue weighted by atomic mass is 10.2. The molecule has 5 rings (SSSR count). The van der Waals surface area contributed by atoms with Gasteiger partial charge in [-0.1, -0.05) is 0 Å². The van der Waals surface area contributed by atoms with Gasteiger partial charge in [0.1, 0.15) is 17.3 Å². The smallest absolute Gasteiger partial charge is 0.326 e. The summed E-state index contributed by atoms with van der Waals surface area (Å²) in [5.41, 5.74) is 0.871. The van der Waals surface area contributed by atoms with Crippen LogP contribution in [0.3, 0.4) is 0 Å². The number of fused-ring (bicyclic) bond motifs is 1. The lowest BCUT2D eigenvalue weighted by molar-refractivity contribution is 0.0962. The molecule has 168 valence electrons. The number of nitrogens with zero attached hydrogens (tertiary/aromatic N) is 4. The van der Waals surface area contributed by atoms with Gasteiger partial charge in [0.25, 0.3) is 5.91 Å². The van der Waals surface area contributed by atoms with Crippen molar-refractivity contribution in [2.75, 3.05) is 12.4 Å². The van der Waals surface area contributed by atoms with Gasteiger partial charge >= 0.3 is 5.69 Å². The summed E-state index contributed by atoms with van der Waals surface area (Å²) < 4.78 is 16.2. The van der Waals surface area contributed by atoms with Crippen LogP contribution >= 0.6 is 0 Å². The van der Waals surface area contributed by atoms with Crippen molar-refractivity contribution in [1.82, 2.24) is 29.9 Å². The number of aromatic nitrogens is 5. The third-order valence-electron chi connectivity index (χ3n) is 5.10.